The van der Waals surface area contributed by atoms with E-state index in [9.17, 15) is 22.4 Å². The molecular formula is C25H33ClFN3O5S. The topological polar surface area (TPSA) is 96.0 Å². The smallest absolute Gasteiger partial charge is 0.244 e. The number of sulfonamides is 1. The fourth-order valence-electron chi connectivity index (χ4n) is 3.64. The van der Waals surface area contributed by atoms with E-state index in [1.165, 1.54) is 54.5 Å². The maximum Gasteiger partial charge on any atom is 0.244 e. The summed E-state index contributed by atoms with van der Waals surface area (Å²) >= 11 is 6.19. The summed E-state index contributed by atoms with van der Waals surface area (Å²) in [6.07, 6.45) is 2.97. The Labute approximate surface area is 217 Å². The van der Waals surface area contributed by atoms with Gasteiger partial charge in [-0.3, -0.25) is 13.9 Å². The Bertz CT molecular complexity index is 1140. The van der Waals surface area contributed by atoms with Crippen LogP contribution in [0.3, 0.4) is 0 Å². The van der Waals surface area contributed by atoms with Crippen LogP contribution in [0.2, 0.25) is 5.02 Å². The van der Waals surface area contributed by atoms with Crippen LogP contribution < -0.4 is 14.4 Å². The number of carbonyl (C=O) groups is 2. The number of ether oxygens (including phenoxy) is 1. The average Bonchev–Trinajstić information content (AvgIpc) is 2.83. The van der Waals surface area contributed by atoms with Crippen LogP contribution in [0, 0.1) is 5.82 Å². The van der Waals surface area contributed by atoms with Gasteiger partial charge in [-0.2, -0.15) is 0 Å². The van der Waals surface area contributed by atoms with Crippen LogP contribution in [0.5, 0.6) is 5.75 Å². The zero-order valence-corrected chi connectivity index (χ0v) is 22.5. The Balaban J connectivity index is 2.42. The van der Waals surface area contributed by atoms with Crippen molar-refractivity contribution in [1.82, 2.24) is 10.2 Å². The van der Waals surface area contributed by atoms with E-state index in [4.69, 9.17) is 16.3 Å². The standard InChI is InChI=1S/C25H33ClFN3O5S/c1-5-7-14-28-25(32)22(6-2)29(16-18-8-10-19(27)11-9-18)24(31)17-30(36(4,33)34)20-12-13-23(35-3)21(26)15-20/h8-13,15,22H,5-7,14,16-17H2,1-4H3,(H,28,32)/t22-/m1/s1. The number of hydrogen-bond donors (Lipinski definition) is 1. The summed E-state index contributed by atoms with van der Waals surface area (Å²) < 4.78 is 44.8. The lowest BCUT2D eigenvalue weighted by Crippen LogP contribution is -2.52. The lowest BCUT2D eigenvalue weighted by atomic mass is 10.1. The van der Waals surface area contributed by atoms with Crippen LogP contribution in [0.4, 0.5) is 10.1 Å². The van der Waals surface area contributed by atoms with E-state index in [1.54, 1.807) is 6.92 Å². The van der Waals surface area contributed by atoms with E-state index in [1.807, 2.05) is 6.92 Å². The van der Waals surface area contributed by atoms with E-state index in [0.29, 0.717) is 24.3 Å². The third-order valence-corrected chi connectivity index (χ3v) is 7.02. The SMILES string of the molecule is CCCCNC(=O)[C@@H](CC)N(Cc1ccc(F)cc1)C(=O)CN(c1ccc(OC)c(Cl)c1)S(C)(=O)=O. The quantitative estimate of drug-likeness (QED) is 0.387. The monoisotopic (exact) mass is 541 g/mol. The van der Waals surface area contributed by atoms with E-state index < -0.39 is 34.3 Å². The number of rotatable bonds is 13. The molecule has 0 aliphatic carbocycles. The van der Waals surface area contributed by atoms with Crippen LogP contribution in [0.15, 0.2) is 42.5 Å². The van der Waals surface area contributed by atoms with Crippen molar-refractivity contribution in [3.63, 3.8) is 0 Å². The second-order valence-electron chi connectivity index (χ2n) is 8.31. The first-order valence-electron chi connectivity index (χ1n) is 11.6. The van der Waals surface area contributed by atoms with Gasteiger partial charge in [-0.15, -0.1) is 0 Å². The van der Waals surface area contributed by atoms with Crippen molar-refractivity contribution in [2.75, 3.05) is 30.8 Å². The fraction of sp³-hybridized carbons (Fsp3) is 0.440. The highest BCUT2D eigenvalue weighted by molar-refractivity contribution is 7.92. The summed E-state index contributed by atoms with van der Waals surface area (Å²) in [5.74, 6) is -0.998. The number of hydrogen-bond acceptors (Lipinski definition) is 5. The molecule has 0 aliphatic heterocycles. The Hall–Kier alpha value is -2.85. The molecule has 0 fully saturated rings. The number of benzene rings is 2. The number of nitrogens with zero attached hydrogens (tertiary/aromatic N) is 2. The first-order chi connectivity index (χ1) is 17.0. The van der Waals surface area contributed by atoms with Crippen LogP contribution in [-0.4, -0.2) is 57.6 Å². The Morgan fingerprint density at radius 3 is 2.33 bits per heavy atom. The summed E-state index contributed by atoms with van der Waals surface area (Å²) in [6, 6.07) is 9.12. The van der Waals surface area contributed by atoms with Gasteiger partial charge in [-0.1, -0.05) is 44.0 Å². The predicted molar refractivity (Wildman–Crippen MR) is 139 cm³/mol. The van der Waals surface area contributed by atoms with Gasteiger partial charge in [0.1, 0.15) is 24.2 Å². The molecule has 0 aromatic heterocycles. The molecule has 0 unspecified atom stereocenters. The maximum atomic E-state index is 13.6. The number of carbonyl (C=O) groups excluding carboxylic acids is 2. The van der Waals surface area contributed by atoms with Crippen LogP contribution in [0.1, 0.15) is 38.7 Å². The number of amides is 2. The second kappa shape index (κ2) is 13.5. The van der Waals surface area contributed by atoms with Crippen molar-refractivity contribution in [2.24, 2.45) is 0 Å². The molecule has 0 aliphatic rings. The van der Waals surface area contributed by atoms with Crippen molar-refractivity contribution in [2.45, 2.75) is 45.7 Å². The Morgan fingerprint density at radius 1 is 1.14 bits per heavy atom. The van der Waals surface area contributed by atoms with Gasteiger partial charge in [0.2, 0.25) is 21.8 Å². The molecule has 0 radical (unpaired) electrons. The number of unbranched alkanes of at least 4 members (excludes halogenated alkanes) is 1. The van der Waals surface area contributed by atoms with Gasteiger partial charge in [0.05, 0.1) is 24.1 Å². The number of nitrogens with one attached hydrogen (secondary N) is 1. The molecular weight excluding hydrogens is 509 g/mol. The van der Waals surface area contributed by atoms with Crippen molar-refractivity contribution in [3.8, 4) is 5.75 Å². The molecule has 0 heterocycles. The summed E-state index contributed by atoms with van der Waals surface area (Å²) in [5.41, 5.74) is 0.779. The van der Waals surface area contributed by atoms with E-state index in [0.717, 1.165) is 23.4 Å². The molecule has 2 amide bonds. The summed E-state index contributed by atoms with van der Waals surface area (Å²) in [5, 5.41) is 3.03. The van der Waals surface area contributed by atoms with Gasteiger partial charge in [0.15, 0.2) is 0 Å². The molecule has 2 aromatic carbocycles. The highest BCUT2D eigenvalue weighted by Crippen LogP contribution is 2.30. The number of anilines is 1. The number of halogens is 2. The van der Waals surface area contributed by atoms with E-state index in [-0.39, 0.29) is 23.2 Å². The molecule has 8 nitrogen and oxygen atoms in total. The molecule has 1 atom stereocenters. The third kappa shape index (κ3) is 8.09. The van der Waals surface area contributed by atoms with E-state index >= 15 is 0 Å². The van der Waals surface area contributed by atoms with Gasteiger partial charge >= 0.3 is 0 Å². The lowest BCUT2D eigenvalue weighted by molar-refractivity contribution is -0.140. The second-order valence-corrected chi connectivity index (χ2v) is 10.6. The normalized spacial score (nSPS) is 12.1. The summed E-state index contributed by atoms with van der Waals surface area (Å²) in [7, 11) is -2.46. The molecule has 1 N–H and O–H groups in total. The molecule has 11 heteroatoms. The fourth-order valence-corrected chi connectivity index (χ4v) is 4.73. The Kier molecular flexibility index (Phi) is 11.0. The minimum atomic E-state index is -3.90. The first-order valence-corrected chi connectivity index (χ1v) is 13.9. The molecule has 198 valence electrons. The minimum Gasteiger partial charge on any atom is -0.495 e. The van der Waals surface area contributed by atoms with Crippen molar-refractivity contribution < 1.29 is 27.1 Å². The van der Waals surface area contributed by atoms with Crippen molar-refractivity contribution >= 4 is 39.1 Å². The summed E-state index contributed by atoms with van der Waals surface area (Å²) in [4.78, 5) is 27.9. The van der Waals surface area contributed by atoms with Crippen molar-refractivity contribution in [1.29, 1.82) is 0 Å². The molecule has 0 spiro atoms. The molecule has 0 saturated carbocycles. The van der Waals surface area contributed by atoms with Crippen molar-refractivity contribution in [3.05, 3.63) is 58.9 Å². The highest BCUT2D eigenvalue weighted by Gasteiger charge is 2.31. The maximum absolute atomic E-state index is 13.6. The third-order valence-electron chi connectivity index (χ3n) is 5.58. The van der Waals surface area contributed by atoms with Crippen LogP contribution >= 0.6 is 11.6 Å². The first kappa shape index (κ1) is 29.4. The largest absolute Gasteiger partial charge is 0.495 e. The van der Waals surface area contributed by atoms with Crippen LogP contribution in [0.25, 0.3) is 0 Å². The molecule has 2 aromatic rings. The van der Waals surface area contributed by atoms with Crippen LogP contribution in [-0.2, 0) is 26.2 Å². The van der Waals surface area contributed by atoms with E-state index in [2.05, 4.69) is 5.32 Å². The average molecular weight is 542 g/mol. The minimum absolute atomic E-state index is 0.000210. The lowest BCUT2D eigenvalue weighted by Gasteiger charge is -2.33. The van der Waals surface area contributed by atoms with Gasteiger partial charge in [0, 0.05) is 13.1 Å². The van der Waals surface area contributed by atoms with Gasteiger partial charge in [-0.25, -0.2) is 12.8 Å². The van der Waals surface area contributed by atoms with Gasteiger partial charge in [0.25, 0.3) is 0 Å². The zero-order chi connectivity index (χ0) is 26.9. The molecule has 0 saturated heterocycles. The zero-order valence-electron chi connectivity index (χ0n) is 21.0. The molecule has 0 bridgehead atoms. The predicted octanol–water partition coefficient (Wildman–Crippen LogP) is 3.98. The Morgan fingerprint density at radius 2 is 1.81 bits per heavy atom. The molecule has 2 rings (SSSR count). The number of methoxy groups -OCH3 is 1. The van der Waals surface area contributed by atoms with Gasteiger partial charge < -0.3 is 15.0 Å². The molecule has 36 heavy (non-hydrogen) atoms. The van der Waals surface area contributed by atoms with Gasteiger partial charge in [-0.05, 0) is 48.7 Å². The summed E-state index contributed by atoms with van der Waals surface area (Å²) in [6.45, 7) is 3.68. The highest BCUT2D eigenvalue weighted by atomic mass is 35.5.